The van der Waals surface area contributed by atoms with E-state index < -0.39 is 0 Å². The molecule has 0 N–H and O–H groups in total. The lowest BCUT2D eigenvalue weighted by Gasteiger charge is -2.32. The first-order valence-corrected chi connectivity index (χ1v) is 24.9. The summed E-state index contributed by atoms with van der Waals surface area (Å²) in [6.45, 7) is 9.41. The van der Waals surface area contributed by atoms with Gasteiger partial charge in [-0.2, -0.15) is 0 Å². The molecule has 0 saturated carbocycles. The molecule has 2 heteroatoms. The maximum Gasteiger partial charge on any atom is 0.0543 e. The number of hydrogen-bond donors (Lipinski definition) is 0. The number of benzene rings is 13. The van der Waals surface area contributed by atoms with Crippen LogP contribution in [0.5, 0.6) is 0 Å². The van der Waals surface area contributed by atoms with Crippen molar-refractivity contribution in [3.8, 4) is 22.3 Å². The maximum atomic E-state index is 2.58. The molecule has 0 saturated heterocycles. The van der Waals surface area contributed by atoms with Crippen LogP contribution in [0.25, 0.3) is 86.9 Å². The summed E-state index contributed by atoms with van der Waals surface area (Å²) in [6, 6.07) is 86.1. The van der Waals surface area contributed by atoms with Crippen LogP contribution < -0.4 is 9.80 Å². The zero-order chi connectivity index (χ0) is 47.5. The van der Waals surface area contributed by atoms with Gasteiger partial charge in [0.15, 0.2) is 0 Å². The third kappa shape index (κ3) is 6.21. The highest BCUT2D eigenvalue weighted by Crippen LogP contribution is 2.55. The SMILES string of the molecule is Cc1cc(N(c2ccc3ccccc3c2)c2ccccc2-c2ccccc2)c2ccc3c(C)cc(N(c4cc5c6c(ccc7cccc(c76)C5(C)C)c4)c4ccccc4-c4ccccc4)c4ccc1c2c34. The highest BCUT2D eigenvalue weighted by molar-refractivity contribution is 6.29. The fraction of sp³-hybridized carbons (Fsp3) is 0.0725. The van der Waals surface area contributed by atoms with E-state index in [0.29, 0.717) is 0 Å². The lowest BCUT2D eigenvalue weighted by atomic mass is 9.81. The number of nitrogens with zero attached hydrogens (tertiary/aromatic N) is 2. The Morgan fingerprint density at radius 1 is 0.296 bits per heavy atom. The molecule has 0 bridgehead atoms. The average molecular weight is 907 g/mol. The summed E-state index contributed by atoms with van der Waals surface area (Å²) in [5.74, 6) is 0. The predicted octanol–water partition coefficient (Wildman–Crippen LogP) is 19.6. The van der Waals surface area contributed by atoms with Crippen LogP contribution in [0.3, 0.4) is 0 Å². The number of fused-ring (bicyclic) bond motifs is 1. The van der Waals surface area contributed by atoms with Crippen molar-refractivity contribution in [2.45, 2.75) is 33.1 Å². The number of hydrogen-bond acceptors (Lipinski definition) is 2. The molecule has 0 fully saturated rings. The van der Waals surface area contributed by atoms with E-state index in [-0.39, 0.29) is 5.41 Å². The number of para-hydroxylation sites is 2. The summed E-state index contributed by atoms with van der Waals surface area (Å²) in [6.07, 6.45) is 0. The third-order valence-electron chi connectivity index (χ3n) is 15.7. The summed E-state index contributed by atoms with van der Waals surface area (Å²) in [5, 5.41) is 15.3. The highest BCUT2D eigenvalue weighted by atomic mass is 15.2. The molecule has 13 aromatic rings. The Balaban J connectivity index is 1.07. The average Bonchev–Trinajstić information content (AvgIpc) is 3.65. The van der Waals surface area contributed by atoms with Crippen LogP contribution in [0, 0.1) is 13.8 Å². The Labute approximate surface area is 414 Å². The van der Waals surface area contributed by atoms with Crippen molar-refractivity contribution in [2.75, 3.05) is 9.80 Å². The Bertz CT molecular complexity index is 4280. The van der Waals surface area contributed by atoms with Crippen LogP contribution in [0.4, 0.5) is 34.1 Å². The van der Waals surface area contributed by atoms with Gasteiger partial charge in [0.2, 0.25) is 0 Å². The van der Waals surface area contributed by atoms with Gasteiger partial charge in [-0.05, 0) is 150 Å². The lowest BCUT2D eigenvalue weighted by Crippen LogP contribution is -2.17. The van der Waals surface area contributed by atoms with Crippen LogP contribution in [0.2, 0.25) is 0 Å². The van der Waals surface area contributed by atoms with Crippen molar-refractivity contribution in [1.82, 2.24) is 0 Å². The summed E-state index contributed by atoms with van der Waals surface area (Å²) >= 11 is 0. The summed E-state index contributed by atoms with van der Waals surface area (Å²) in [5.41, 5.74) is 16.7. The van der Waals surface area contributed by atoms with Crippen molar-refractivity contribution in [1.29, 1.82) is 0 Å². The van der Waals surface area contributed by atoms with Crippen molar-refractivity contribution in [3.05, 3.63) is 253 Å². The first kappa shape index (κ1) is 41.3. The molecule has 14 rings (SSSR count). The second-order valence-electron chi connectivity index (χ2n) is 20.2. The van der Waals surface area contributed by atoms with Crippen molar-refractivity contribution >= 4 is 98.8 Å². The molecule has 0 amide bonds. The molecular formula is C69H50N2. The fourth-order valence-corrected chi connectivity index (χ4v) is 12.4. The molecule has 0 unspecified atom stereocenters. The molecule has 1 aliphatic carbocycles. The van der Waals surface area contributed by atoms with E-state index >= 15 is 0 Å². The Morgan fingerprint density at radius 3 is 1.38 bits per heavy atom. The molecule has 0 heterocycles. The largest absolute Gasteiger partial charge is 0.309 e. The van der Waals surface area contributed by atoms with Crippen LogP contribution in [0.15, 0.2) is 231 Å². The maximum absolute atomic E-state index is 2.58. The summed E-state index contributed by atoms with van der Waals surface area (Å²) in [7, 11) is 0. The van der Waals surface area contributed by atoms with Gasteiger partial charge in [-0.15, -0.1) is 0 Å². The molecule has 71 heavy (non-hydrogen) atoms. The van der Waals surface area contributed by atoms with Gasteiger partial charge in [-0.3, -0.25) is 0 Å². The molecule has 13 aromatic carbocycles. The van der Waals surface area contributed by atoms with Crippen LogP contribution in [-0.2, 0) is 5.41 Å². The quantitative estimate of drug-likeness (QED) is 0.140. The van der Waals surface area contributed by atoms with E-state index in [9.17, 15) is 0 Å². The molecule has 1 aliphatic rings. The van der Waals surface area contributed by atoms with Crippen molar-refractivity contribution in [3.63, 3.8) is 0 Å². The molecule has 336 valence electrons. The standard InChI is InChI=1S/C69H50N2/c1-43-38-63(70(51-33-32-45-18-11-12-23-49(45)40-51)61-28-15-13-25-55(61)46-19-7-5-8-20-46)57-36-34-54-44(2)39-64(58-37-35-53(43)67(57)68(54)58)71(62-29-16-14-26-56(62)47-21-9-6-10-22-47)52-41-50-31-30-48-24-17-27-59-65(48)66(50)60(42-52)69(59,3)4/h5-42H,1-4H3. The van der Waals surface area contributed by atoms with Crippen molar-refractivity contribution < 1.29 is 0 Å². The van der Waals surface area contributed by atoms with E-state index in [0.717, 1.165) is 34.1 Å². The summed E-state index contributed by atoms with van der Waals surface area (Å²) < 4.78 is 0. The molecular weight excluding hydrogens is 857 g/mol. The van der Waals surface area contributed by atoms with E-state index in [1.165, 1.54) is 109 Å². The number of anilines is 6. The van der Waals surface area contributed by atoms with Crippen LogP contribution in [0.1, 0.15) is 36.1 Å². The van der Waals surface area contributed by atoms with Crippen LogP contribution in [-0.4, -0.2) is 0 Å². The van der Waals surface area contributed by atoms with Gasteiger partial charge in [-0.25, -0.2) is 0 Å². The van der Waals surface area contributed by atoms with E-state index in [1.807, 2.05) is 0 Å². The van der Waals surface area contributed by atoms with Gasteiger partial charge < -0.3 is 9.80 Å². The smallest absolute Gasteiger partial charge is 0.0543 e. The lowest BCUT2D eigenvalue weighted by molar-refractivity contribution is 0.663. The van der Waals surface area contributed by atoms with Gasteiger partial charge >= 0.3 is 0 Å². The topological polar surface area (TPSA) is 6.48 Å². The molecule has 0 aromatic heterocycles. The Kier molecular flexibility index (Phi) is 9.10. The van der Waals surface area contributed by atoms with Crippen molar-refractivity contribution in [2.24, 2.45) is 0 Å². The summed E-state index contributed by atoms with van der Waals surface area (Å²) in [4.78, 5) is 5.09. The first-order chi connectivity index (χ1) is 34.8. The molecule has 0 atom stereocenters. The first-order valence-electron chi connectivity index (χ1n) is 24.9. The van der Waals surface area contributed by atoms with E-state index in [2.05, 4.69) is 268 Å². The van der Waals surface area contributed by atoms with Gasteiger partial charge in [0, 0.05) is 38.7 Å². The molecule has 2 nitrogen and oxygen atoms in total. The van der Waals surface area contributed by atoms with Crippen LogP contribution >= 0.6 is 0 Å². The van der Waals surface area contributed by atoms with Gasteiger partial charge in [-0.1, -0.05) is 196 Å². The molecule has 0 spiro atoms. The van der Waals surface area contributed by atoms with Gasteiger partial charge in [0.25, 0.3) is 0 Å². The fourth-order valence-electron chi connectivity index (χ4n) is 12.4. The second-order valence-corrected chi connectivity index (χ2v) is 20.2. The number of aryl methyl sites for hydroxylation is 2. The predicted molar refractivity (Wildman–Crippen MR) is 305 cm³/mol. The minimum Gasteiger partial charge on any atom is -0.309 e. The Hall–Kier alpha value is -8.72. The zero-order valence-corrected chi connectivity index (χ0v) is 40.3. The van der Waals surface area contributed by atoms with Gasteiger partial charge in [0.05, 0.1) is 22.7 Å². The second kappa shape index (κ2) is 15.7. The monoisotopic (exact) mass is 906 g/mol. The Morgan fingerprint density at radius 2 is 0.761 bits per heavy atom. The van der Waals surface area contributed by atoms with E-state index in [1.54, 1.807) is 0 Å². The molecule has 0 aliphatic heterocycles. The zero-order valence-electron chi connectivity index (χ0n) is 40.3. The highest BCUT2D eigenvalue weighted by Gasteiger charge is 2.35. The third-order valence-corrected chi connectivity index (χ3v) is 15.7. The minimum atomic E-state index is -0.176. The van der Waals surface area contributed by atoms with Gasteiger partial charge in [0.1, 0.15) is 0 Å². The number of rotatable bonds is 8. The minimum absolute atomic E-state index is 0.176. The molecule has 0 radical (unpaired) electrons. The normalized spacial score (nSPS) is 12.9. The van der Waals surface area contributed by atoms with E-state index in [4.69, 9.17) is 0 Å².